The van der Waals surface area contributed by atoms with Gasteiger partial charge in [0.15, 0.2) is 11.5 Å². The maximum Gasteiger partial charge on any atom is 0.294 e. The zero-order valence-electron chi connectivity index (χ0n) is 19.8. The van der Waals surface area contributed by atoms with Gasteiger partial charge in [-0.2, -0.15) is 0 Å². The molecule has 6 rings (SSSR count). The summed E-state index contributed by atoms with van der Waals surface area (Å²) in [6.45, 7) is 0.293. The number of hydrogen-bond acceptors (Lipinski definition) is 9. The number of nitrogens with zero attached hydrogens (tertiary/aromatic N) is 3. The second-order valence-electron chi connectivity index (χ2n) is 8.13. The highest BCUT2D eigenvalue weighted by Gasteiger charge is 2.17. The number of hydrogen-bond donors (Lipinski definition) is 1. The van der Waals surface area contributed by atoms with Gasteiger partial charge in [0.1, 0.15) is 29.4 Å². The number of imidazole rings is 1. The summed E-state index contributed by atoms with van der Waals surface area (Å²) in [5.74, 6) is 1.29. The molecule has 0 saturated heterocycles. The van der Waals surface area contributed by atoms with Gasteiger partial charge in [-0.1, -0.05) is 18.2 Å². The van der Waals surface area contributed by atoms with Gasteiger partial charge in [-0.05, 0) is 40.7 Å². The Bertz CT molecular complexity index is 1730. The lowest BCUT2D eigenvalue weighted by molar-refractivity contribution is 0.0974. The van der Waals surface area contributed by atoms with Crippen molar-refractivity contribution in [1.29, 1.82) is 0 Å². The van der Waals surface area contributed by atoms with Crippen LogP contribution in [0.15, 0.2) is 69.8 Å². The summed E-state index contributed by atoms with van der Waals surface area (Å²) in [5, 5.41) is 5.63. The minimum absolute atomic E-state index is 0.110. The van der Waals surface area contributed by atoms with Gasteiger partial charge in [-0.3, -0.25) is 4.79 Å². The van der Waals surface area contributed by atoms with E-state index in [1.54, 1.807) is 37.1 Å². The number of rotatable bonds is 8. The Morgan fingerprint density at radius 3 is 2.76 bits per heavy atom. The Balaban J connectivity index is 1.29. The first-order valence-corrected chi connectivity index (χ1v) is 11.9. The fourth-order valence-electron chi connectivity index (χ4n) is 3.95. The van der Waals surface area contributed by atoms with E-state index in [1.807, 2.05) is 36.4 Å². The second kappa shape index (κ2) is 9.03. The molecule has 37 heavy (non-hydrogen) atoms. The normalized spacial score (nSPS) is 11.3. The lowest BCUT2D eigenvalue weighted by atomic mass is 10.1. The molecule has 0 fully saturated rings. The Morgan fingerprint density at radius 2 is 2.00 bits per heavy atom. The van der Waals surface area contributed by atoms with Crippen molar-refractivity contribution in [2.45, 2.75) is 6.61 Å². The third-order valence-corrected chi connectivity index (χ3v) is 6.64. The summed E-state index contributed by atoms with van der Waals surface area (Å²) in [5.41, 5.74) is 9.11. The third kappa shape index (κ3) is 4.25. The fraction of sp³-hybridized carbons (Fsp3) is 0.115. The van der Waals surface area contributed by atoms with Crippen LogP contribution in [-0.4, -0.2) is 34.7 Å². The van der Waals surface area contributed by atoms with Gasteiger partial charge in [-0.25, -0.2) is 9.50 Å². The summed E-state index contributed by atoms with van der Waals surface area (Å²) < 4.78 is 29.8. The van der Waals surface area contributed by atoms with Crippen molar-refractivity contribution < 1.29 is 27.8 Å². The highest BCUT2D eigenvalue weighted by molar-refractivity contribution is 7.18. The van der Waals surface area contributed by atoms with E-state index in [0.29, 0.717) is 45.3 Å². The number of primary amides is 1. The van der Waals surface area contributed by atoms with E-state index >= 15 is 0 Å². The van der Waals surface area contributed by atoms with Crippen molar-refractivity contribution in [3.63, 3.8) is 0 Å². The first kappa shape index (κ1) is 22.7. The quantitative estimate of drug-likeness (QED) is 0.294. The molecule has 0 unspecified atom stereocenters. The molecule has 0 aliphatic carbocycles. The van der Waals surface area contributed by atoms with Gasteiger partial charge in [0, 0.05) is 17.7 Å². The van der Waals surface area contributed by atoms with Crippen LogP contribution < -0.4 is 19.9 Å². The smallest absolute Gasteiger partial charge is 0.294 e. The van der Waals surface area contributed by atoms with E-state index in [-0.39, 0.29) is 5.76 Å². The van der Waals surface area contributed by atoms with Crippen LogP contribution in [0.5, 0.6) is 16.7 Å². The molecule has 1 amide bonds. The van der Waals surface area contributed by atoms with Crippen LogP contribution in [0.1, 0.15) is 16.1 Å². The van der Waals surface area contributed by atoms with Crippen molar-refractivity contribution in [3.8, 4) is 39.3 Å². The monoisotopic (exact) mass is 516 g/mol. The van der Waals surface area contributed by atoms with Crippen molar-refractivity contribution in [3.05, 3.63) is 72.3 Å². The summed E-state index contributed by atoms with van der Waals surface area (Å²) in [6.07, 6.45) is 3.29. The minimum atomic E-state index is -0.612. The molecule has 0 aliphatic heterocycles. The van der Waals surface area contributed by atoms with Gasteiger partial charge >= 0.3 is 0 Å². The lowest BCUT2D eigenvalue weighted by Gasteiger charge is -2.10. The molecule has 10 nitrogen and oxygen atoms in total. The number of amides is 1. The van der Waals surface area contributed by atoms with Gasteiger partial charge in [0.05, 0.1) is 32.1 Å². The average Bonchev–Trinajstić information content (AvgIpc) is 3.69. The fourth-order valence-corrected chi connectivity index (χ4v) is 4.65. The Morgan fingerprint density at radius 1 is 1.11 bits per heavy atom. The first-order valence-electron chi connectivity index (χ1n) is 11.1. The SMILES string of the molecule is COc1cc(OCc2cccc(-c3coc(C(N)=O)c3)c2)c2cc(-c3cn4nc(OC)sc4n3)oc2c1. The number of furan rings is 2. The average molecular weight is 517 g/mol. The first-order chi connectivity index (χ1) is 18.0. The Hall–Kier alpha value is -4.77. The standard InChI is InChI=1S/C26H20N4O6S/c1-32-17-8-20(34-12-14-4-3-5-15(6-14)16-7-23(24(27)31)35-13-16)18-10-22(36-21(18)9-17)19-11-30-25(28-19)37-26(29-30)33-2/h3-11,13H,12H2,1-2H3,(H2,27,31). The maximum absolute atomic E-state index is 11.4. The number of fused-ring (bicyclic) bond motifs is 2. The van der Waals surface area contributed by atoms with E-state index in [1.165, 1.54) is 17.6 Å². The van der Waals surface area contributed by atoms with Crippen LogP contribution in [0.25, 0.3) is 38.5 Å². The molecule has 2 aromatic carbocycles. The summed E-state index contributed by atoms with van der Waals surface area (Å²) >= 11 is 1.34. The molecule has 0 bridgehead atoms. The summed E-state index contributed by atoms with van der Waals surface area (Å²) in [6, 6.07) is 14.9. The van der Waals surface area contributed by atoms with Crippen LogP contribution in [0, 0.1) is 0 Å². The number of methoxy groups -OCH3 is 2. The summed E-state index contributed by atoms with van der Waals surface area (Å²) in [4.78, 5) is 16.7. The summed E-state index contributed by atoms with van der Waals surface area (Å²) in [7, 11) is 3.16. The predicted octanol–water partition coefficient (Wildman–Crippen LogP) is 5.16. The highest BCUT2D eigenvalue weighted by atomic mass is 32.1. The minimum Gasteiger partial charge on any atom is -0.496 e. The number of nitrogens with two attached hydrogens (primary N) is 1. The molecule has 4 heterocycles. The van der Waals surface area contributed by atoms with Gasteiger partial charge in [0.2, 0.25) is 4.96 Å². The molecule has 0 atom stereocenters. The lowest BCUT2D eigenvalue weighted by Crippen LogP contribution is -2.09. The number of carbonyl (C=O) groups is 1. The van der Waals surface area contributed by atoms with Crippen molar-refractivity contribution in [2.75, 3.05) is 14.2 Å². The Labute approximate surface area is 213 Å². The molecule has 0 aliphatic rings. The largest absolute Gasteiger partial charge is 0.496 e. The predicted molar refractivity (Wildman–Crippen MR) is 136 cm³/mol. The van der Waals surface area contributed by atoms with Crippen LogP contribution in [0.2, 0.25) is 0 Å². The molecule has 0 radical (unpaired) electrons. The number of aromatic nitrogens is 3. The van der Waals surface area contributed by atoms with Crippen LogP contribution in [-0.2, 0) is 6.61 Å². The number of ether oxygens (including phenoxy) is 3. The van der Waals surface area contributed by atoms with Crippen molar-refractivity contribution in [1.82, 2.24) is 14.6 Å². The van der Waals surface area contributed by atoms with E-state index in [4.69, 9.17) is 28.8 Å². The van der Waals surface area contributed by atoms with Crippen molar-refractivity contribution in [2.24, 2.45) is 5.73 Å². The molecular weight excluding hydrogens is 496 g/mol. The molecule has 11 heteroatoms. The van der Waals surface area contributed by atoms with E-state index in [2.05, 4.69) is 10.1 Å². The van der Waals surface area contributed by atoms with Gasteiger partial charge in [0.25, 0.3) is 11.1 Å². The van der Waals surface area contributed by atoms with E-state index in [9.17, 15) is 4.79 Å². The van der Waals surface area contributed by atoms with E-state index in [0.717, 1.165) is 22.1 Å². The number of benzene rings is 2. The van der Waals surface area contributed by atoms with Crippen LogP contribution in [0.3, 0.4) is 0 Å². The zero-order valence-corrected chi connectivity index (χ0v) is 20.6. The molecule has 0 spiro atoms. The molecule has 0 saturated carbocycles. The topological polar surface area (TPSA) is 127 Å². The van der Waals surface area contributed by atoms with Crippen LogP contribution >= 0.6 is 11.3 Å². The number of carbonyl (C=O) groups excluding carboxylic acids is 1. The van der Waals surface area contributed by atoms with E-state index < -0.39 is 5.91 Å². The van der Waals surface area contributed by atoms with Gasteiger partial charge < -0.3 is 28.8 Å². The van der Waals surface area contributed by atoms with Gasteiger partial charge in [-0.15, -0.1) is 5.10 Å². The molecule has 186 valence electrons. The van der Waals surface area contributed by atoms with Crippen LogP contribution in [0.4, 0.5) is 0 Å². The molecule has 4 aromatic heterocycles. The molecule has 2 N–H and O–H groups in total. The zero-order chi connectivity index (χ0) is 25.5. The maximum atomic E-state index is 11.4. The highest BCUT2D eigenvalue weighted by Crippen LogP contribution is 2.37. The van der Waals surface area contributed by atoms with Crippen molar-refractivity contribution >= 4 is 33.2 Å². The molecule has 6 aromatic rings. The Kier molecular flexibility index (Phi) is 5.53. The third-order valence-electron chi connectivity index (χ3n) is 5.76. The molecular formula is C26H20N4O6S. The second-order valence-corrected chi connectivity index (χ2v) is 9.04.